The predicted molar refractivity (Wildman–Crippen MR) is 48.1 cm³/mol. The van der Waals surface area contributed by atoms with Crippen LogP contribution in [0.2, 0.25) is 0 Å². The van der Waals surface area contributed by atoms with E-state index in [1.165, 1.54) is 38.5 Å². The highest BCUT2D eigenvalue weighted by atomic mass is 16.8. The van der Waals surface area contributed by atoms with Crippen molar-refractivity contribution in [2.45, 2.75) is 0 Å². The van der Waals surface area contributed by atoms with E-state index in [0.717, 1.165) is 0 Å². The summed E-state index contributed by atoms with van der Waals surface area (Å²) in [5.74, 6) is -0.439. The standard InChI is InChI=1S/C9H10NO4/c1-13-9(11)7-3-5-8(6-4-7)10(12)14-2/h3-6H,1-2H3/q+1. The van der Waals surface area contributed by atoms with Crippen molar-refractivity contribution in [1.29, 1.82) is 0 Å². The molecule has 0 fully saturated rings. The molecule has 0 bridgehead atoms. The molecular formula is C9H10NO4+. The van der Waals surface area contributed by atoms with E-state index in [9.17, 15) is 9.70 Å². The van der Waals surface area contributed by atoms with Crippen LogP contribution >= 0.6 is 0 Å². The zero-order valence-corrected chi connectivity index (χ0v) is 7.89. The fourth-order valence-electron chi connectivity index (χ4n) is 0.942. The number of hydrogen-bond acceptors (Lipinski definition) is 4. The molecule has 74 valence electrons. The van der Waals surface area contributed by atoms with Gasteiger partial charge in [-0.15, -0.1) is 0 Å². The number of rotatable bonds is 3. The van der Waals surface area contributed by atoms with Gasteiger partial charge in [0.1, 0.15) is 0 Å². The Bertz CT molecular complexity index is 309. The highest BCUT2D eigenvalue weighted by Gasteiger charge is 2.14. The van der Waals surface area contributed by atoms with Gasteiger partial charge in [-0.2, -0.15) is 0 Å². The van der Waals surface area contributed by atoms with Gasteiger partial charge in [0.15, 0.2) is 7.11 Å². The first kappa shape index (κ1) is 10.2. The third-order valence-electron chi connectivity index (χ3n) is 1.67. The first-order chi connectivity index (χ1) is 6.69. The molecule has 0 unspecified atom stereocenters. The number of ether oxygens (including phenoxy) is 1. The van der Waals surface area contributed by atoms with Crippen LogP contribution in [-0.2, 0) is 9.57 Å². The molecule has 0 aromatic heterocycles. The fraction of sp³-hybridized carbons (Fsp3) is 0.222. The van der Waals surface area contributed by atoms with Crippen LogP contribution in [0.15, 0.2) is 24.3 Å². The van der Waals surface area contributed by atoms with Crippen molar-refractivity contribution in [3.05, 3.63) is 34.7 Å². The summed E-state index contributed by atoms with van der Waals surface area (Å²) in [5, 5.41) is 0. The van der Waals surface area contributed by atoms with Gasteiger partial charge in [-0.1, -0.05) is 0 Å². The van der Waals surface area contributed by atoms with Crippen molar-refractivity contribution >= 4 is 11.7 Å². The second-order valence-corrected chi connectivity index (χ2v) is 2.48. The topological polar surface area (TPSA) is 55.6 Å². The van der Waals surface area contributed by atoms with E-state index < -0.39 is 5.97 Å². The lowest BCUT2D eigenvalue weighted by atomic mass is 10.2. The summed E-state index contributed by atoms with van der Waals surface area (Å²) in [5.41, 5.74) is 0.709. The zero-order chi connectivity index (χ0) is 10.6. The molecule has 5 heteroatoms. The Morgan fingerprint density at radius 2 is 1.79 bits per heavy atom. The molecule has 14 heavy (non-hydrogen) atoms. The van der Waals surface area contributed by atoms with E-state index in [-0.39, 0.29) is 0 Å². The zero-order valence-electron chi connectivity index (χ0n) is 7.89. The Morgan fingerprint density at radius 1 is 1.21 bits per heavy atom. The summed E-state index contributed by atoms with van der Waals surface area (Å²) in [4.78, 5) is 26.7. The minimum atomic E-state index is -0.439. The molecule has 0 aliphatic rings. The Kier molecular flexibility index (Phi) is 3.17. The van der Waals surface area contributed by atoms with Gasteiger partial charge in [-0.25, -0.2) is 9.63 Å². The lowest BCUT2D eigenvalue weighted by molar-refractivity contribution is -0.736. The van der Waals surface area contributed by atoms with Crippen molar-refractivity contribution in [3.8, 4) is 0 Å². The predicted octanol–water partition coefficient (Wildman–Crippen LogP) is 1.44. The monoisotopic (exact) mass is 196 g/mol. The number of methoxy groups -OCH3 is 1. The summed E-state index contributed by atoms with van der Waals surface area (Å²) in [7, 11) is 2.56. The number of hydrogen-bond donors (Lipinski definition) is 0. The molecule has 0 aliphatic carbocycles. The lowest BCUT2D eigenvalue weighted by Crippen LogP contribution is -2.02. The highest BCUT2D eigenvalue weighted by Crippen LogP contribution is 2.12. The van der Waals surface area contributed by atoms with E-state index in [1.54, 1.807) is 0 Å². The van der Waals surface area contributed by atoms with Crippen LogP contribution < -0.4 is 0 Å². The quantitative estimate of drug-likeness (QED) is 0.542. The second-order valence-electron chi connectivity index (χ2n) is 2.48. The summed E-state index contributed by atoms with van der Waals surface area (Å²) >= 11 is 0. The smallest absolute Gasteiger partial charge is 0.337 e. The van der Waals surface area contributed by atoms with Crippen molar-refractivity contribution in [3.63, 3.8) is 0 Å². The Hall–Kier alpha value is -1.91. The summed E-state index contributed by atoms with van der Waals surface area (Å²) < 4.78 is 4.50. The molecule has 1 aromatic carbocycles. The van der Waals surface area contributed by atoms with E-state index in [0.29, 0.717) is 16.2 Å². The van der Waals surface area contributed by atoms with E-state index in [2.05, 4.69) is 9.57 Å². The van der Waals surface area contributed by atoms with Crippen LogP contribution in [0.4, 0.5) is 5.69 Å². The number of carbonyl (C=O) groups excluding carboxylic acids is 1. The number of benzene rings is 1. The van der Waals surface area contributed by atoms with Gasteiger partial charge in [-0.3, -0.25) is 0 Å². The number of carbonyl (C=O) groups is 1. The Morgan fingerprint density at radius 3 is 2.21 bits per heavy atom. The molecule has 0 radical (unpaired) electrons. The molecule has 5 nitrogen and oxygen atoms in total. The molecule has 0 amide bonds. The van der Waals surface area contributed by atoms with E-state index in [1.807, 2.05) is 0 Å². The van der Waals surface area contributed by atoms with Crippen LogP contribution in [0.1, 0.15) is 10.4 Å². The van der Waals surface area contributed by atoms with Gasteiger partial charge in [0.05, 0.1) is 17.6 Å². The first-order valence-corrected chi connectivity index (χ1v) is 3.88. The first-order valence-electron chi connectivity index (χ1n) is 3.88. The molecular weight excluding hydrogens is 186 g/mol. The summed E-state index contributed by atoms with van der Waals surface area (Å²) in [6.07, 6.45) is 0. The van der Waals surface area contributed by atoms with Crippen LogP contribution in [0.5, 0.6) is 0 Å². The molecule has 0 heterocycles. The lowest BCUT2D eigenvalue weighted by Gasteiger charge is -1.96. The molecule has 1 rings (SSSR count). The van der Waals surface area contributed by atoms with Crippen LogP contribution in [0.3, 0.4) is 0 Å². The normalized spacial score (nSPS) is 9.29. The van der Waals surface area contributed by atoms with Crippen LogP contribution in [0, 0.1) is 4.91 Å². The highest BCUT2D eigenvalue weighted by molar-refractivity contribution is 5.89. The molecule has 0 saturated carbocycles. The summed E-state index contributed by atoms with van der Waals surface area (Å²) in [6.45, 7) is 0. The van der Waals surface area contributed by atoms with E-state index in [4.69, 9.17) is 0 Å². The maximum absolute atomic E-state index is 11.0. The molecule has 0 saturated heterocycles. The van der Waals surface area contributed by atoms with Crippen LogP contribution in [-0.4, -0.2) is 25.1 Å². The van der Waals surface area contributed by atoms with Crippen molar-refractivity contribution < 1.29 is 19.3 Å². The fourth-order valence-corrected chi connectivity index (χ4v) is 0.942. The number of nitrogens with zero attached hydrogens (tertiary/aromatic N) is 1. The SMILES string of the molecule is COC(=O)c1ccc([N+](=O)OC)cc1. The Labute approximate surface area is 80.8 Å². The van der Waals surface area contributed by atoms with Crippen molar-refractivity contribution in [1.82, 2.24) is 0 Å². The van der Waals surface area contributed by atoms with Gasteiger partial charge in [0.25, 0.3) is 4.92 Å². The second kappa shape index (κ2) is 4.36. The maximum Gasteiger partial charge on any atom is 0.337 e. The van der Waals surface area contributed by atoms with Gasteiger partial charge < -0.3 is 4.74 Å². The van der Waals surface area contributed by atoms with Gasteiger partial charge in [-0.05, 0) is 12.1 Å². The van der Waals surface area contributed by atoms with Gasteiger partial charge in [0, 0.05) is 12.1 Å². The minimum Gasteiger partial charge on any atom is -0.465 e. The maximum atomic E-state index is 11.0. The molecule has 0 N–H and O–H groups in total. The Balaban J connectivity index is 2.89. The summed E-state index contributed by atoms with van der Waals surface area (Å²) in [6, 6.07) is 5.93. The van der Waals surface area contributed by atoms with Crippen LogP contribution in [0.25, 0.3) is 0 Å². The van der Waals surface area contributed by atoms with Gasteiger partial charge in [0.2, 0.25) is 0 Å². The largest absolute Gasteiger partial charge is 0.465 e. The molecule has 0 atom stereocenters. The number of esters is 1. The molecule has 1 aromatic rings. The van der Waals surface area contributed by atoms with E-state index >= 15 is 0 Å². The molecule has 0 spiro atoms. The average Bonchev–Trinajstić information content (AvgIpc) is 2.27. The third-order valence-corrected chi connectivity index (χ3v) is 1.67. The van der Waals surface area contributed by atoms with Gasteiger partial charge >= 0.3 is 11.7 Å². The van der Waals surface area contributed by atoms with Crippen molar-refractivity contribution in [2.24, 2.45) is 0 Å². The minimum absolute atomic E-state index is 0.320. The molecule has 0 aliphatic heterocycles. The average molecular weight is 196 g/mol. The third kappa shape index (κ3) is 2.07. The van der Waals surface area contributed by atoms with Crippen molar-refractivity contribution in [2.75, 3.05) is 14.2 Å².